The van der Waals surface area contributed by atoms with Crippen molar-refractivity contribution in [2.24, 2.45) is 7.05 Å². The number of aromatic nitrogens is 3. The summed E-state index contributed by atoms with van der Waals surface area (Å²) in [5.41, 5.74) is 2.71. The molecule has 0 radical (unpaired) electrons. The minimum absolute atomic E-state index is 0.300. The maximum absolute atomic E-state index is 4.08. The molecule has 0 amide bonds. The van der Waals surface area contributed by atoms with E-state index in [1.54, 1.807) is 5.57 Å². The second-order valence-electron chi connectivity index (χ2n) is 4.81. The predicted molar refractivity (Wildman–Crippen MR) is 76.3 cm³/mol. The van der Waals surface area contributed by atoms with Crippen LogP contribution in [0.15, 0.2) is 16.3 Å². The van der Waals surface area contributed by atoms with Gasteiger partial charge in [-0.2, -0.15) is 0 Å². The topological polar surface area (TPSA) is 42.7 Å². The fraction of sp³-hybridized carbons (Fsp3) is 0.692. The van der Waals surface area contributed by atoms with Crippen LogP contribution in [-0.2, 0) is 7.05 Å². The highest BCUT2D eigenvalue weighted by Gasteiger charge is 2.21. The zero-order chi connectivity index (χ0) is 13.0. The molecule has 0 aliphatic heterocycles. The Labute approximate surface area is 117 Å². The first-order chi connectivity index (χ1) is 8.72. The molecule has 1 aliphatic rings. The average Bonchev–Trinajstić information content (AvgIpc) is 2.70. The zero-order valence-electron chi connectivity index (χ0n) is 11.1. The molecule has 0 aromatic carbocycles. The van der Waals surface area contributed by atoms with Crippen molar-refractivity contribution in [3.05, 3.63) is 21.9 Å². The number of halogens is 1. The van der Waals surface area contributed by atoms with Crippen LogP contribution in [0.2, 0.25) is 0 Å². The van der Waals surface area contributed by atoms with Crippen molar-refractivity contribution in [3.8, 4) is 0 Å². The highest BCUT2D eigenvalue weighted by atomic mass is 79.9. The molecule has 100 valence electrons. The van der Waals surface area contributed by atoms with Gasteiger partial charge in [-0.3, -0.25) is 0 Å². The molecule has 0 bridgehead atoms. The predicted octanol–water partition coefficient (Wildman–Crippen LogP) is 3.12. The lowest BCUT2D eigenvalue weighted by atomic mass is 9.93. The van der Waals surface area contributed by atoms with Gasteiger partial charge >= 0.3 is 0 Å². The van der Waals surface area contributed by atoms with Gasteiger partial charge in [0, 0.05) is 7.05 Å². The van der Waals surface area contributed by atoms with Crippen LogP contribution in [0, 0.1) is 0 Å². The molecular formula is C13H21BrN4. The molecule has 5 heteroatoms. The van der Waals surface area contributed by atoms with Gasteiger partial charge in [0.25, 0.3) is 0 Å². The summed E-state index contributed by atoms with van der Waals surface area (Å²) in [5.74, 6) is 0. The van der Waals surface area contributed by atoms with Gasteiger partial charge in [0.1, 0.15) is 0 Å². The van der Waals surface area contributed by atoms with E-state index in [0.717, 1.165) is 23.3 Å². The van der Waals surface area contributed by atoms with Crippen LogP contribution in [0.1, 0.15) is 50.8 Å². The molecule has 1 N–H and O–H groups in total. The second kappa shape index (κ2) is 6.48. The Hall–Kier alpha value is -0.680. The van der Waals surface area contributed by atoms with Crippen LogP contribution < -0.4 is 5.32 Å². The van der Waals surface area contributed by atoms with Crippen molar-refractivity contribution in [2.45, 2.75) is 45.1 Å². The monoisotopic (exact) mass is 312 g/mol. The molecule has 1 atom stereocenters. The zero-order valence-corrected chi connectivity index (χ0v) is 12.7. The number of allylic oxidation sites excluding steroid dienone is 1. The van der Waals surface area contributed by atoms with Crippen molar-refractivity contribution in [3.63, 3.8) is 0 Å². The minimum Gasteiger partial charge on any atom is -0.309 e. The van der Waals surface area contributed by atoms with E-state index in [1.807, 2.05) is 11.7 Å². The van der Waals surface area contributed by atoms with E-state index < -0.39 is 0 Å². The maximum Gasteiger partial charge on any atom is 0.153 e. The SMILES string of the molecule is CCNC(CC1=CCCCC1)c1c(Br)nnn1C. The Balaban J connectivity index is 2.15. The molecule has 4 nitrogen and oxygen atoms in total. The average molecular weight is 313 g/mol. The van der Waals surface area contributed by atoms with E-state index in [2.05, 4.69) is 44.6 Å². The van der Waals surface area contributed by atoms with Gasteiger partial charge in [0.05, 0.1) is 11.7 Å². The van der Waals surface area contributed by atoms with Crippen LogP contribution in [0.25, 0.3) is 0 Å². The molecule has 1 aromatic heterocycles. The summed E-state index contributed by atoms with van der Waals surface area (Å²) < 4.78 is 2.72. The molecule has 1 heterocycles. The standard InChI is InChI=1S/C13H21BrN4/c1-3-15-11(9-10-7-5-4-6-8-10)12-13(14)16-17-18(12)2/h7,11,15H,3-6,8-9H2,1-2H3. The molecule has 1 aliphatic carbocycles. The van der Waals surface area contributed by atoms with Crippen molar-refractivity contribution in [1.82, 2.24) is 20.3 Å². The highest BCUT2D eigenvalue weighted by molar-refractivity contribution is 9.10. The minimum atomic E-state index is 0.300. The maximum atomic E-state index is 4.08. The van der Waals surface area contributed by atoms with Crippen LogP contribution >= 0.6 is 15.9 Å². The van der Waals surface area contributed by atoms with E-state index in [9.17, 15) is 0 Å². The Morgan fingerprint density at radius 2 is 2.33 bits per heavy atom. The molecule has 2 rings (SSSR count). The molecule has 1 aromatic rings. The number of nitrogens with zero attached hydrogens (tertiary/aromatic N) is 3. The lowest BCUT2D eigenvalue weighted by Crippen LogP contribution is -2.24. The van der Waals surface area contributed by atoms with Crippen molar-refractivity contribution in [2.75, 3.05) is 6.54 Å². The third-order valence-corrected chi connectivity index (χ3v) is 4.02. The summed E-state index contributed by atoms with van der Waals surface area (Å²) in [7, 11) is 1.95. The summed E-state index contributed by atoms with van der Waals surface area (Å²) in [6.45, 7) is 3.09. The highest BCUT2D eigenvalue weighted by Crippen LogP contribution is 2.30. The van der Waals surface area contributed by atoms with E-state index >= 15 is 0 Å². The third-order valence-electron chi connectivity index (χ3n) is 3.46. The van der Waals surface area contributed by atoms with Crippen LogP contribution in [0.5, 0.6) is 0 Å². The van der Waals surface area contributed by atoms with Gasteiger partial charge < -0.3 is 5.32 Å². The molecule has 1 unspecified atom stereocenters. The van der Waals surface area contributed by atoms with E-state index in [1.165, 1.54) is 25.7 Å². The Morgan fingerprint density at radius 3 is 2.89 bits per heavy atom. The molecule has 0 spiro atoms. The van der Waals surface area contributed by atoms with Gasteiger partial charge in [-0.25, -0.2) is 4.68 Å². The molecular weight excluding hydrogens is 292 g/mol. The lowest BCUT2D eigenvalue weighted by Gasteiger charge is -2.21. The van der Waals surface area contributed by atoms with Gasteiger partial charge in [-0.05, 0) is 54.6 Å². The van der Waals surface area contributed by atoms with Gasteiger partial charge in [0.15, 0.2) is 4.60 Å². The quantitative estimate of drug-likeness (QED) is 0.849. The van der Waals surface area contributed by atoms with Crippen LogP contribution in [-0.4, -0.2) is 21.5 Å². The largest absolute Gasteiger partial charge is 0.309 e. The first-order valence-corrected chi connectivity index (χ1v) is 7.48. The van der Waals surface area contributed by atoms with Gasteiger partial charge in [-0.15, -0.1) is 5.10 Å². The first-order valence-electron chi connectivity index (χ1n) is 6.68. The second-order valence-corrected chi connectivity index (χ2v) is 5.56. The number of nitrogens with one attached hydrogen (secondary N) is 1. The third kappa shape index (κ3) is 3.20. The van der Waals surface area contributed by atoms with Crippen molar-refractivity contribution < 1.29 is 0 Å². The molecule has 18 heavy (non-hydrogen) atoms. The number of hydrogen-bond acceptors (Lipinski definition) is 3. The van der Waals surface area contributed by atoms with E-state index in [-0.39, 0.29) is 0 Å². The number of hydrogen-bond donors (Lipinski definition) is 1. The number of aryl methyl sites for hydroxylation is 1. The smallest absolute Gasteiger partial charge is 0.153 e. The summed E-state index contributed by atoms with van der Waals surface area (Å²) >= 11 is 3.50. The Morgan fingerprint density at radius 1 is 1.50 bits per heavy atom. The fourth-order valence-electron chi connectivity index (χ4n) is 2.57. The van der Waals surface area contributed by atoms with Gasteiger partial charge in [-0.1, -0.05) is 23.8 Å². The Kier molecular flexibility index (Phi) is 4.95. The summed E-state index contributed by atoms with van der Waals surface area (Å²) in [4.78, 5) is 0. The van der Waals surface area contributed by atoms with Crippen LogP contribution in [0.3, 0.4) is 0 Å². The fourth-order valence-corrected chi connectivity index (χ4v) is 3.18. The summed E-state index contributed by atoms with van der Waals surface area (Å²) in [6, 6.07) is 0.300. The molecule has 0 fully saturated rings. The normalized spacial score (nSPS) is 17.6. The molecule has 0 saturated heterocycles. The number of rotatable bonds is 5. The van der Waals surface area contributed by atoms with Crippen molar-refractivity contribution in [1.29, 1.82) is 0 Å². The lowest BCUT2D eigenvalue weighted by molar-refractivity contribution is 0.490. The van der Waals surface area contributed by atoms with E-state index in [0.29, 0.717) is 6.04 Å². The summed E-state index contributed by atoms with van der Waals surface area (Å²) in [6.07, 6.45) is 8.62. The Bertz CT molecular complexity index is 405. The first kappa shape index (κ1) is 13.7. The molecule has 0 saturated carbocycles. The van der Waals surface area contributed by atoms with Gasteiger partial charge in [0.2, 0.25) is 0 Å². The summed E-state index contributed by atoms with van der Waals surface area (Å²) in [5, 5.41) is 11.7. The van der Waals surface area contributed by atoms with E-state index in [4.69, 9.17) is 0 Å². The van der Waals surface area contributed by atoms with Crippen molar-refractivity contribution >= 4 is 15.9 Å². The van der Waals surface area contributed by atoms with Crippen LogP contribution in [0.4, 0.5) is 0 Å².